The first-order chi connectivity index (χ1) is 20.1. The summed E-state index contributed by atoms with van der Waals surface area (Å²) in [5, 5.41) is 14.8. The molecule has 1 aromatic rings. The van der Waals surface area contributed by atoms with Gasteiger partial charge in [-0.15, -0.1) is 0 Å². The van der Waals surface area contributed by atoms with E-state index in [1.54, 1.807) is 5.56 Å². The minimum Gasteiger partial charge on any atom is -0.508 e. The lowest BCUT2D eigenvalue weighted by atomic mass is 9.45. The fourth-order valence-electron chi connectivity index (χ4n) is 14.6. The van der Waals surface area contributed by atoms with E-state index >= 15 is 0 Å². The highest BCUT2D eigenvalue weighted by Gasteiger charge is 2.91. The van der Waals surface area contributed by atoms with E-state index in [9.17, 15) is 5.11 Å². The molecule has 6 aliphatic carbocycles. The van der Waals surface area contributed by atoms with Crippen molar-refractivity contribution in [3.63, 3.8) is 0 Å². The Hall–Kier alpha value is -1.10. The number of hydrogen-bond acceptors (Lipinski definition) is 4. The van der Waals surface area contributed by atoms with Gasteiger partial charge in [-0.05, 0) is 148 Å². The predicted molar refractivity (Wildman–Crippen MR) is 170 cm³/mol. The highest BCUT2D eigenvalue weighted by molar-refractivity contribution is 5.57. The zero-order chi connectivity index (χ0) is 28.9. The Morgan fingerprint density at radius 2 is 1.74 bits per heavy atom. The number of nitrogens with one attached hydrogen (secondary N) is 1. The van der Waals surface area contributed by atoms with Crippen LogP contribution >= 0.6 is 0 Å². The van der Waals surface area contributed by atoms with Crippen molar-refractivity contribution in [2.75, 3.05) is 20.1 Å². The van der Waals surface area contributed by atoms with Crippen molar-refractivity contribution in [2.24, 2.45) is 52.3 Å². The summed E-state index contributed by atoms with van der Waals surface area (Å²) < 4.78 is 0. The van der Waals surface area contributed by atoms with E-state index < -0.39 is 0 Å². The summed E-state index contributed by atoms with van der Waals surface area (Å²) in [4.78, 5) is 5.75. The Morgan fingerprint density at radius 3 is 2.45 bits per heavy atom. The second kappa shape index (κ2) is 8.79. The molecular weight excluding hydrogens is 514 g/mol. The molecule has 9 aliphatic rings. The fraction of sp³-hybridized carbons (Fsp3) is 0.842. The predicted octanol–water partition coefficient (Wildman–Crippen LogP) is 6.45. The summed E-state index contributed by atoms with van der Waals surface area (Å²) in [7, 11) is 2.38. The largest absolute Gasteiger partial charge is 0.508 e. The number of phenols is 1. The summed E-state index contributed by atoms with van der Waals surface area (Å²) in [6, 6.07) is 10.1. The topological polar surface area (TPSA) is 38.7 Å². The van der Waals surface area contributed by atoms with Crippen molar-refractivity contribution in [1.29, 1.82) is 0 Å². The Morgan fingerprint density at radius 1 is 0.976 bits per heavy atom. The molecule has 1 spiro atoms. The van der Waals surface area contributed by atoms with Crippen LogP contribution in [0.15, 0.2) is 18.2 Å². The van der Waals surface area contributed by atoms with Crippen molar-refractivity contribution in [2.45, 2.75) is 128 Å². The van der Waals surface area contributed by atoms with Gasteiger partial charge in [0.2, 0.25) is 0 Å². The summed E-state index contributed by atoms with van der Waals surface area (Å²) in [6.07, 6.45) is 12.5. The highest BCUT2D eigenvalue weighted by atomic mass is 16.3. The normalized spacial score (nSPS) is 52.6. The number of benzene rings is 1. The van der Waals surface area contributed by atoms with Gasteiger partial charge in [0.1, 0.15) is 5.75 Å². The van der Waals surface area contributed by atoms with Gasteiger partial charge in [0.05, 0.1) is 0 Å². The van der Waals surface area contributed by atoms with E-state index in [0.29, 0.717) is 28.5 Å². The number of hydrogen-bond donors (Lipinski definition) is 2. The third kappa shape index (κ3) is 3.21. The molecule has 6 bridgehead atoms. The molecular formula is C38H57N3O. The fourth-order valence-corrected chi connectivity index (χ4v) is 14.6. The third-order valence-corrected chi connectivity index (χ3v) is 16.4. The molecule has 4 heteroatoms. The van der Waals surface area contributed by atoms with E-state index in [4.69, 9.17) is 0 Å². The smallest absolute Gasteiger partial charge is 0.115 e. The summed E-state index contributed by atoms with van der Waals surface area (Å²) in [5.41, 5.74) is 4.44. The van der Waals surface area contributed by atoms with Crippen LogP contribution in [0, 0.1) is 52.3 Å². The monoisotopic (exact) mass is 571 g/mol. The number of likely N-dealkylation sites (tertiary alicyclic amines) is 1. The molecule has 42 heavy (non-hydrogen) atoms. The third-order valence-electron chi connectivity index (χ3n) is 16.4. The number of nitrogens with zero attached hydrogens (tertiary/aromatic N) is 2. The average Bonchev–Trinajstić information content (AvgIpc) is 3.53. The van der Waals surface area contributed by atoms with E-state index in [-0.39, 0.29) is 5.41 Å². The first kappa shape index (κ1) is 27.2. The molecule has 8 fully saturated rings. The Kier molecular flexibility index (Phi) is 5.70. The van der Waals surface area contributed by atoms with Crippen LogP contribution in [0.2, 0.25) is 0 Å². The van der Waals surface area contributed by atoms with Crippen LogP contribution < -0.4 is 5.32 Å². The molecule has 2 N–H and O–H groups in total. The molecule has 230 valence electrons. The second-order valence-electron chi connectivity index (χ2n) is 17.9. The molecule has 0 aromatic heterocycles. The molecule has 4 nitrogen and oxygen atoms in total. The van der Waals surface area contributed by atoms with E-state index in [2.05, 4.69) is 68.9 Å². The number of fused-ring (bicyclic) bond motifs is 6. The number of phenolic OH excluding ortho intramolecular Hbond substituents is 1. The zero-order valence-electron chi connectivity index (χ0n) is 27.3. The Bertz CT molecular complexity index is 1260. The number of rotatable bonds is 7. The van der Waals surface area contributed by atoms with Crippen molar-refractivity contribution in [3.05, 3.63) is 29.3 Å². The zero-order valence-corrected chi connectivity index (χ0v) is 27.3. The van der Waals surface area contributed by atoms with Crippen molar-refractivity contribution >= 4 is 0 Å². The first-order valence-corrected chi connectivity index (χ1v) is 18.1. The van der Waals surface area contributed by atoms with Crippen LogP contribution in [0.4, 0.5) is 0 Å². The quantitative estimate of drug-likeness (QED) is 0.394. The lowest BCUT2D eigenvalue weighted by Crippen LogP contribution is -2.62. The number of aromatic hydroxyl groups is 1. The lowest BCUT2D eigenvalue weighted by molar-refractivity contribution is -0.113. The number of piperidine rings is 3. The maximum absolute atomic E-state index is 10.6. The van der Waals surface area contributed by atoms with Crippen molar-refractivity contribution in [1.82, 2.24) is 15.1 Å². The Labute approximate surface area is 255 Å². The summed E-state index contributed by atoms with van der Waals surface area (Å²) in [6.45, 7) is 15.3. The lowest BCUT2D eigenvalue weighted by Gasteiger charge is -2.61. The summed E-state index contributed by atoms with van der Waals surface area (Å²) >= 11 is 0. The SMILES string of the molecule is C[C@@H]1C[C@H](C)[C@H]2CC(NCC[C@@]34c5cc(O)ccc5CC56C(C53)N(C)[C@H]6[C@@H]4C)C[C@@H]1N2CC[C@@H]1CC[C@H]2C[C@@H]1C2(C)C. The van der Waals surface area contributed by atoms with Gasteiger partial charge >= 0.3 is 0 Å². The van der Waals surface area contributed by atoms with Crippen LogP contribution in [0.1, 0.15) is 97.1 Å². The molecule has 3 saturated heterocycles. The van der Waals surface area contributed by atoms with Crippen LogP contribution in [0.3, 0.4) is 0 Å². The molecule has 3 aliphatic heterocycles. The van der Waals surface area contributed by atoms with Crippen molar-refractivity contribution < 1.29 is 5.11 Å². The minimum absolute atomic E-state index is 0.243. The first-order valence-electron chi connectivity index (χ1n) is 18.1. The van der Waals surface area contributed by atoms with E-state index in [0.717, 1.165) is 66.2 Å². The molecule has 4 unspecified atom stereocenters. The molecule has 3 heterocycles. The maximum Gasteiger partial charge on any atom is 0.115 e. The van der Waals surface area contributed by atoms with Gasteiger partial charge in [-0.2, -0.15) is 0 Å². The van der Waals surface area contributed by atoms with E-state index in [1.807, 2.05) is 6.07 Å². The second-order valence-corrected chi connectivity index (χ2v) is 17.9. The Balaban J connectivity index is 0.894. The van der Waals surface area contributed by atoms with E-state index in [1.165, 1.54) is 69.9 Å². The van der Waals surface area contributed by atoms with Crippen LogP contribution in [0.25, 0.3) is 0 Å². The van der Waals surface area contributed by atoms with Gasteiger partial charge in [-0.1, -0.05) is 40.7 Å². The van der Waals surface area contributed by atoms with Gasteiger partial charge in [0, 0.05) is 41.0 Å². The van der Waals surface area contributed by atoms with Gasteiger partial charge in [-0.25, -0.2) is 0 Å². The van der Waals surface area contributed by atoms with Gasteiger partial charge < -0.3 is 10.4 Å². The average molecular weight is 572 g/mol. The molecule has 5 saturated carbocycles. The van der Waals surface area contributed by atoms with Crippen LogP contribution in [-0.2, 0) is 11.8 Å². The van der Waals surface area contributed by atoms with Crippen LogP contribution in [-0.4, -0.2) is 65.3 Å². The molecule has 10 rings (SSSR count). The highest BCUT2D eigenvalue weighted by Crippen LogP contribution is 2.86. The molecule has 1 aromatic carbocycles. The molecule has 0 radical (unpaired) electrons. The molecule has 14 atom stereocenters. The van der Waals surface area contributed by atoms with Gasteiger partial charge in [0.25, 0.3) is 0 Å². The van der Waals surface area contributed by atoms with Gasteiger partial charge in [0.15, 0.2) is 0 Å². The van der Waals surface area contributed by atoms with Crippen LogP contribution in [0.5, 0.6) is 5.75 Å². The standard InChI is InChI=1S/C38H57N3O/c1-21-15-22(2)32-18-27(17-31(21)41(32)14-11-24-7-9-26-16-29(24)36(26,4)5)39-13-12-37-23(3)34-38(33(37)35(38)40(34)6)20-25-8-10-28(42)19-30(25)37/h8,10,19,21-24,26-27,29,31-35,39,42H,7,9,11-18,20H2,1-6H3/t21-,22+,23-,24-,26-,27?,29-,31+,32-,33?,34-,35?,37+,38?/m0/s1. The summed E-state index contributed by atoms with van der Waals surface area (Å²) in [5.74, 6) is 6.53. The maximum atomic E-state index is 10.6. The van der Waals surface area contributed by atoms with Gasteiger partial charge in [-0.3, -0.25) is 9.80 Å². The minimum atomic E-state index is 0.243. The van der Waals surface area contributed by atoms with Crippen molar-refractivity contribution in [3.8, 4) is 5.75 Å². The molecule has 0 amide bonds.